The molecule has 1 heterocycles. The number of nitrogens with zero attached hydrogens (tertiary/aromatic N) is 1. The Hall–Kier alpha value is -2.36. The number of hydrogen-bond acceptors (Lipinski definition) is 2. The molecule has 1 aromatic heterocycles. The van der Waals surface area contributed by atoms with E-state index in [0.29, 0.717) is 12.1 Å². The second-order valence-corrected chi connectivity index (χ2v) is 4.14. The van der Waals surface area contributed by atoms with Crippen LogP contribution in [0.15, 0.2) is 42.7 Å². The summed E-state index contributed by atoms with van der Waals surface area (Å²) in [5.74, 6) is -0.276. The first-order chi connectivity index (χ1) is 8.54. The van der Waals surface area contributed by atoms with Crippen LogP contribution in [0.4, 0.5) is 0 Å². The molecule has 0 bridgehead atoms. The minimum absolute atomic E-state index is 0.184. The smallest absolute Gasteiger partial charge is 0.254 e. The highest BCUT2D eigenvalue weighted by molar-refractivity contribution is 5.92. The van der Waals surface area contributed by atoms with E-state index < -0.39 is 5.91 Å². The molecule has 1 radical (unpaired) electrons. The van der Waals surface area contributed by atoms with Gasteiger partial charge in [-0.15, -0.1) is 0 Å². The summed E-state index contributed by atoms with van der Waals surface area (Å²) in [4.78, 5) is 11.1. The Labute approximate surface area is 105 Å². The maximum atomic E-state index is 11.1. The monoisotopic (exact) mass is 242 g/mol. The van der Waals surface area contributed by atoms with Gasteiger partial charge < -0.3 is 10.8 Å². The number of amides is 1. The molecule has 0 saturated heterocycles. The van der Waals surface area contributed by atoms with Crippen LogP contribution in [0.25, 0.3) is 0 Å². The lowest BCUT2D eigenvalue weighted by Gasteiger charge is -2.02. The van der Waals surface area contributed by atoms with E-state index in [-0.39, 0.29) is 5.75 Å². The van der Waals surface area contributed by atoms with Crippen LogP contribution < -0.4 is 10.3 Å². The molecular formula is C14H14N2O2+. The average molecular weight is 242 g/mol. The maximum absolute atomic E-state index is 11.1. The van der Waals surface area contributed by atoms with Crippen molar-refractivity contribution in [3.8, 4) is 5.75 Å². The van der Waals surface area contributed by atoms with Gasteiger partial charge in [0, 0.05) is 11.6 Å². The van der Waals surface area contributed by atoms with Crippen LogP contribution in [0.1, 0.15) is 21.5 Å². The van der Waals surface area contributed by atoms with Gasteiger partial charge in [0.2, 0.25) is 0 Å². The van der Waals surface area contributed by atoms with Gasteiger partial charge in [-0.2, -0.15) is 4.57 Å². The first-order valence-corrected chi connectivity index (χ1v) is 5.48. The Bertz CT molecular complexity index is 574. The minimum Gasteiger partial charge on any atom is -0.508 e. The first kappa shape index (κ1) is 12.1. The van der Waals surface area contributed by atoms with Crippen molar-refractivity contribution in [2.24, 2.45) is 5.73 Å². The van der Waals surface area contributed by atoms with Gasteiger partial charge in [0.1, 0.15) is 11.3 Å². The fourth-order valence-electron chi connectivity index (χ4n) is 1.81. The highest BCUT2D eigenvalue weighted by Crippen LogP contribution is 2.14. The summed E-state index contributed by atoms with van der Waals surface area (Å²) in [7, 11) is 0. The zero-order valence-corrected chi connectivity index (χ0v) is 9.84. The number of benzene rings is 1. The predicted octanol–water partition coefficient (Wildman–Crippen LogP) is 1.01. The number of phenolic OH excluding ortho intramolecular Hbond substituents is 1. The van der Waals surface area contributed by atoms with Gasteiger partial charge in [-0.05, 0) is 36.8 Å². The quantitative estimate of drug-likeness (QED) is 0.789. The fourth-order valence-corrected chi connectivity index (χ4v) is 1.81. The topological polar surface area (TPSA) is 67.2 Å². The molecule has 0 spiro atoms. The maximum Gasteiger partial charge on any atom is 0.254 e. The highest BCUT2D eigenvalue weighted by atomic mass is 16.3. The molecule has 0 unspecified atom stereocenters. The van der Waals surface area contributed by atoms with Gasteiger partial charge in [0.25, 0.3) is 5.91 Å². The molecular weight excluding hydrogens is 228 g/mol. The lowest BCUT2D eigenvalue weighted by atomic mass is 10.1. The highest BCUT2D eigenvalue weighted by Gasteiger charge is 2.08. The van der Waals surface area contributed by atoms with E-state index in [0.717, 1.165) is 11.1 Å². The number of hydrogen-bond donors (Lipinski definition) is 2. The van der Waals surface area contributed by atoms with Crippen molar-refractivity contribution >= 4 is 5.91 Å². The molecule has 0 fully saturated rings. The molecule has 2 rings (SSSR count). The number of primary amides is 1. The van der Waals surface area contributed by atoms with Crippen LogP contribution in [-0.4, -0.2) is 11.0 Å². The SMILES string of the molecule is [CH2]c1cc(O)cc(C[n+]2cccc(C(N)=O)c2)c1. The third kappa shape index (κ3) is 2.85. The van der Waals surface area contributed by atoms with Crippen LogP contribution in [0.3, 0.4) is 0 Å². The predicted molar refractivity (Wildman–Crippen MR) is 66.8 cm³/mol. The van der Waals surface area contributed by atoms with Crippen molar-refractivity contribution < 1.29 is 14.5 Å². The zero-order chi connectivity index (χ0) is 13.1. The van der Waals surface area contributed by atoms with Crippen molar-refractivity contribution in [2.45, 2.75) is 6.54 Å². The fraction of sp³-hybridized carbons (Fsp3) is 0.0714. The zero-order valence-electron chi connectivity index (χ0n) is 9.84. The number of phenols is 1. The van der Waals surface area contributed by atoms with Crippen LogP contribution in [0.5, 0.6) is 5.75 Å². The molecule has 91 valence electrons. The van der Waals surface area contributed by atoms with Crippen LogP contribution in [0.2, 0.25) is 0 Å². The Morgan fingerprint density at radius 2 is 2.17 bits per heavy atom. The number of pyridine rings is 1. The van der Waals surface area contributed by atoms with E-state index in [4.69, 9.17) is 5.73 Å². The van der Waals surface area contributed by atoms with Gasteiger partial charge in [0.05, 0.1) is 0 Å². The molecule has 0 aliphatic carbocycles. The molecule has 4 heteroatoms. The lowest BCUT2D eigenvalue weighted by Crippen LogP contribution is -2.35. The van der Waals surface area contributed by atoms with E-state index in [1.807, 2.05) is 16.8 Å². The summed E-state index contributed by atoms with van der Waals surface area (Å²) in [5, 5.41) is 9.49. The molecule has 18 heavy (non-hydrogen) atoms. The molecule has 4 nitrogen and oxygen atoms in total. The molecule has 1 amide bonds. The molecule has 2 aromatic rings. The summed E-state index contributed by atoms with van der Waals surface area (Å²) in [6.45, 7) is 4.33. The number of aromatic nitrogens is 1. The average Bonchev–Trinajstić information content (AvgIpc) is 2.27. The Morgan fingerprint density at radius 1 is 1.39 bits per heavy atom. The van der Waals surface area contributed by atoms with E-state index in [2.05, 4.69) is 6.92 Å². The summed E-state index contributed by atoms with van der Waals surface area (Å²) >= 11 is 0. The van der Waals surface area contributed by atoms with E-state index in [1.165, 1.54) is 0 Å². The largest absolute Gasteiger partial charge is 0.508 e. The summed E-state index contributed by atoms with van der Waals surface area (Å²) in [5.41, 5.74) is 7.33. The summed E-state index contributed by atoms with van der Waals surface area (Å²) in [6.07, 6.45) is 3.51. The Kier molecular flexibility index (Phi) is 3.28. The van der Waals surface area contributed by atoms with Gasteiger partial charge >= 0.3 is 0 Å². The van der Waals surface area contributed by atoms with Crippen LogP contribution in [0, 0.1) is 6.92 Å². The molecule has 0 atom stereocenters. The third-order valence-electron chi connectivity index (χ3n) is 2.55. The number of carbonyl (C=O) groups is 1. The number of aromatic hydroxyl groups is 1. The Morgan fingerprint density at radius 3 is 2.83 bits per heavy atom. The van der Waals surface area contributed by atoms with E-state index >= 15 is 0 Å². The number of rotatable bonds is 3. The number of carbonyl (C=O) groups excluding carboxylic acids is 1. The van der Waals surface area contributed by atoms with Crippen molar-refractivity contribution in [1.29, 1.82) is 0 Å². The second kappa shape index (κ2) is 4.87. The first-order valence-electron chi connectivity index (χ1n) is 5.48. The van der Waals surface area contributed by atoms with Crippen molar-refractivity contribution in [3.63, 3.8) is 0 Å². The van der Waals surface area contributed by atoms with Crippen LogP contribution >= 0.6 is 0 Å². The van der Waals surface area contributed by atoms with Crippen molar-refractivity contribution in [2.75, 3.05) is 0 Å². The van der Waals surface area contributed by atoms with Crippen molar-refractivity contribution in [3.05, 3.63) is 66.3 Å². The van der Waals surface area contributed by atoms with E-state index in [9.17, 15) is 9.90 Å². The molecule has 0 aliphatic heterocycles. The minimum atomic E-state index is -0.460. The third-order valence-corrected chi connectivity index (χ3v) is 2.55. The summed E-state index contributed by atoms with van der Waals surface area (Å²) in [6, 6.07) is 8.55. The van der Waals surface area contributed by atoms with Crippen LogP contribution in [-0.2, 0) is 6.54 Å². The Balaban J connectivity index is 2.28. The standard InChI is InChI=1S/C14H13N2O2/c1-10-5-11(7-13(17)6-10)8-16-4-2-3-12(9-16)14(15)18/h2-7,9H,1,8H2,(H2-,15,17,18)/p+1. The summed E-state index contributed by atoms with van der Waals surface area (Å²) < 4.78 is 1.83. The molecule has 0 saturated carbocycles. The van der Waals surface area contributed by atoms with Gasteiger partial charge in [-0.1, -0.05) is 0 Å². The molecule has 0 aliphatic rings. The van der Waals surface area contributed by atoms with E-state index in [1.54, 1.807) is 30.5 Å². The normalized spacial score (nSPS) is 10.3. The molecule has 3 N–H and O–H groups in total. The lowest BCUT2D eigenvalue weighted by molar-refractivity contribution is -0.688. The van der Waals surface area contributed by atoms with Crippen molar-refractivity contribution in [1.82, 2.24) is 0 Å². The van der Waals surface area contributed by atoms with Gasteiger partial charge in [0.15, 0.2) is 18.9 Å². The number of nitrogens with two attached hydrogens (primary N) is 1. The van der Waals surface area contributed by atoms with Gasteiger partial charge in [-0.25, -0.2) is 0 Å². The molecule has 1 aromatic carbocycles. The van der Waals surface area contributed by atoms with Gasteiger partial charge in [-0.3, -0.25) is 4.79 Å². The second-order valence-electron chi connectivity index (χ2n) is 4.14.